The molecule has 3 atom stereocenters. The maximum atomic E-state index is 14.4. The van der Waals surface area contributed by atoms with Gasteiger partial charge in [0.25, 0.3) is 0 Å². The smallest absolute Gasteiger partial charge is 0.367 e. The topological polar surface area (TPSA) is 127 Å². The molecule has 3 aromatic rings. The molecular weight excluding hydrogens is 454 g/mol. The lowest BCUT2D eigenvalue weighted by Gasteiger charge is -2.36. The normalized spacial score (nSPS) is 15.0. The number of anilines is 1. The van der Waals surface area contributed by atoms with Crippen LogP contribution >= 0.6 is 8.25 Å². The molecule has 0 aliphatic carbocycles. The number of benzene rings is 1. The first kappa shape index (κ1) is 24.6. The molecule has 0 radical (unpaired) electrons. The van der Waals surface area contributed by atoms with Crippen molar-refractivity contribution in [1.29, 1.82) is 0 Å². The molecule has 12 heteroatoms. The Labute approximate surface area is 190 Å². The van der Waals surface area contributed by atoms with Crippen LogP contribution in [0.1, 0.15) is 19.0 Å². The average Bonchev–Trinajstić information content (AvgIpc) is 3.24. The van der Waals surface area contributed by atoms with E-state index in [1.165, 1.54) is 18.0 Å². The zero-order valence-electron chi connectivity index (χ0n) is 18.3. The lowest BCUT2D eigenvalue weighted by atomic mass is 9.94. The minimum Gasteiger partial charge on any atom is -0.459 e. The molecule has 1 aromatic carbocycles. The van der Waals surface area contributed by atoms with E-state index in [0.29, 0.717) is 17.0 Å². The number of fused-ring (bicyclic) bond motifs is 1. The number of para-hydroxylation sites is 1. The molecule has 178 valence electrons. The molecule has 0 aliphatic rings. The van der Waals surface area contributed by atoms with Crippen molar-refractivity contribution in [3.8, 4) is 5.75 Å². The number of nitrogens with zero attached hydrogens (tertiary/aromatic N) is 3. The molecule has 0 aliphatic heterocycles. The monoisotopic (exact) mass is 480 g/mol. The maximum absolute atomic E-state index is 14.4. The third-order valence-electron chi connectivity index (χ3n) is 5.12. The number of methoxy groups -OCH3 is 1. The van der Waals surface area contributed by atoms with Crippen LogP contribution < -0.4 is 10.3 Å². The van der Waals surface area contributed by atoms with Gasteiger partial charge >= 0.3 is 14.2 Å². The number of halogens is 1. The predicted molar refractivity (Wildman–Crippen MR) is 119 cm³/mol. The van der Waals surface area contributed by atoms with Crippen LogP contribution in [0.5, 0.6) is 5.75 Å². The first-order chi connectivity index (χ1) is 15.9. The summed E-state index contributed by atoms with van der Waals surface area (Å²) in [4.78, 5) is 16.1. The lowest BCUT2D eigenvalue weighted by Crippen LogP contribution is -2.53. The molecule has 0 bridgehead atoms. The number of nitrogen functional groups attached to an aromatic ring is 1. The first-order valence-electron chi connectivity index (χ1n) is 10.2. The summed E-state index contributed by atoms with van der Waals surface area (Å²) in [5.74, 6) is 0.0513. The zero-order valence-corrected chi connectivity index (χ0v) is 19.3. The number of carbonyl (C=O) groups excluding carboxylic acids is 1. The van der Waals surface area contributed by atoms with Crippen LogP contribution in [-0.2, 0) is 29.8 Å². The van der Waals surface area contributed by atoms with Gasteiger partial charge in [0, 0.05) is 25.6 Å². The van der Waals surface area contributed by atoms with Crippen LogP contribution in [0.4, 0.5) is 10.2 Å². The molecule has 1 unspecified atom stereocenters. The Balaban J connectivity index is 1.83. The summed E-state index contributed by atoms with van der Waals surface area (Å²) in [5, 5.41) is 4.16. The van der Waals surface area contributed by atoms with Crippen molar-refractivity contribution in [2.75, 3.05) is 26.1 Å². The van der Waals surface area contributed by atoms with Gasteiger partial charge in [0.15, 0.2) is 11.4 Å². The highest BCUT2D eigenvalue weighted by Crippen LogP contribution is 2.32. The van der Waals surface area contributed by atoms with Gasteiger partial charge in [-0.05, 0) is 24.3 Å². The van der Waals surface area contributed by atoms with Gasteiger partial charge < -0.3 is 19.7 Å². The van der Waals surface area contributed by atoms with Gasteiger partial charge in [-0.1, -0.05) is 25.1 Å². The number of aromatic nitrogens is 3. The van der Waals surface area contributed by atoms with Crippen molar-refractivity contribution in [1.82, 2.24) is 14.6 Å². The van der Waals surface area contributed by atoms with Crippen LogP contribution in [0, 0.1) is 0 Å². The number of nitrogens with two attached hydrogens (primary N) is 1. The third kappa shape index (κ3) is 5.87. The molecule has 0 saturated carbocycles. The van der Waals surface area contributed by atoms with Crippen LogP contribution in [0.15, 0.2) is 48.8 Å². The van der Waals surface area contributed by atoms with E-state index in [1.54, 1.807) is 49.4 Å². The summed E-state index contributed by atoms with van der Waals surface area (Å²) in [7, 11) is -1.78. The van der Waals surface area contributed by atoms with Crippen molar-refractivity contribution in [2.24, 2.45) is 0 Å². The Bertz CT molecular complexity index is 1090. The fraction of sp³-hybridized carbons (Fsp3) is 0.381. The quantitative estimate of drug-likeness (QED) is 0.307. The minimum absolute atomic E-state index is 0.0257. The molecule has 0 saturated heterocycles. The van der Waals surface area contributed by atoms with Gasteiger partial charge in [-0.25, -0.2) is 18.5 Å². The van der Waals surface area contributed by atoms with E-state index in [4.69, 9.17) is 24.3 Å². The molecule has 0 fully saturated rings. The van der Waals surface area contributed by atoms with E-state index in [1.807, 2.05) is 0 Å². The maximum Gasteiger partial charge on any atom is 0.367 e. The van der Waals surface area contributed by atoms with E-state index in [9.17, 15) is 13.8 Å². The molecule has 2 heterocycles. The highest BCUT2D eigenvalue weighted by molar-refractivity contribution is 7.33. The van der Waals surface area contributed by atoms with Gasteiger partial charge in [0.2, 0.25) is 0 Å². The average molecular weight is 480 g/mol. The van der Waals surface area contributed by atoms with Gasteiger partial charge in [-0.2, -0.15) is 5.10 Å². The molecule has 10 nitrogen and oxygen atoms in total. The fourth-order valence-electron chi connectivity index (χ4n) is 3.19. The van der Waals surface area contributed by atoms with Crippen LogP contribution in [-0.4, -0.2) is 52.7 Å². The summed E-state index contributed by atoms with van der Waals surface area (Å²) < 4.78 is 49.9. The standard InChI is InChI=1S/C21H26FN4O6P/c1-3-19(27)31-18(11-15-9-10-17-20(23)24-14-25-26(15)17)21(12-22,29-2)13-30-33(28)32-16-7-5-4-6-8-16/h4-10,14,18,33H,3,11-13H2,1-2H3,(H2,23,24,25)/t18-,21+/m0/s1. The Morgan fingerprint density at radius 2 is 2.03 bits per heavy atom. The second kappa shape index (κ2) is 11.2. The highest BCUT2D eigenvalue weighted by Gasteiger charge is 2.44. The van der Waals surface area contributed by atoms with E-state index < -0.39 is 39.2 Å². The number of ether oxygens (including phenoxy) is 2. The minimum atomic E-state index is -3.04. The Morgan fingerprint density at radius 1 is 1.27 bits per heavy atom. The third-order valence-corrected chi connectivity index (χ3v) is 5.90. The lowest BCUT2D eigenvalue weighted by molar-refractivity contribution is -0.178. The number of alkyl halides is 1. The SMILES string of the molecule is CCC(=O)O[C@@H](Cc1ccc2c(N)ncnn12)[C@@](CF)(CO[PH](=O)Oc1ccccc1)OC. The summed E-state index contributed by atoms with van der Waals surface area (Å²) >= 11 is 0. The number of hydrogen-bond acceptors (Lipinski definition) is 9. The molecule has 3 rings (SSSR count). The summed E-state index contributed by atoms with van der Waals surface area (Å²) in [6.45, 7) is 0.0612. The Hall–Kier alpha value is -3.01. The van der Waals surface area contributed by atoms with Crippen molar-refractivity contribution >= 4 is 25.6 Å². The van der Waals surface area contributed by atoms with Crippen molar-refractivity contribution in [3.05, 3.63) is 54.5 Å². The predicted octanol–water partition coefficient (Wildman–Crippen LogP) is 3.02. The van der Waals surface area contributed by atoms with Gasteiger partial charge in [-0.3, -0.25) is 9.32 Å². The first-order valence-corrected chi connectivity index (χ1v) is 11.4. The summed E-state index contributed by atoms with van der Waals surface area (Å²) in [6.07, 6.45) is 0.258. The van der Waals surface area contributed by atoms with Crippen molar-refractivity contribution in [3.63, 3.8) is 0 Å². The molecule has 0 amide bonds. The number of rotatable bonds is 12. The molecule has 0 spiro atoms. The van der Waals surface area contributed by atoms with Crippen molar-refractivity contribution < 1.29 is 32.3 Å². The zero-order chi connectivity index (χ0) is 23.8. The van der Waals surface area contributed by atoms with E-state index in [2.05, 4.69) is 10.1 Å². The van der Waals surface area contributed by atoms with Gasteiger partial charge in [0.05, 0.1) is 6.61 Å². The molecule has 2 aromatic heterocycles. The highest BCUT2D eigenvalue weighted by atomic mass is 31.1. The van der Waals surface area contributed by atoms with Crippen LogP contribution in [0.3, 0.4) is 0 Å². The van der Waals surface area contributed by atoms with E-state index >= 15 is 0 Å². The second-order valence-corrected chi connectivity index (χ2v) is 8.15. The Morgan fingerprint density at radius 3 is 2.70 bits per heavy atom. The largest absolute Gasteiger partial charge is 0.459 e. The summed E-state index contributed by atoms with van der Waals surface area (Å²) in [6, 6.07) is 11.8. The fourth-order valence-corrected chi connectivity index (χ4v) is 3.94. The number of hydrogen-bond donors (Lipinski definition) is 1. The van der Waals surface area contributed by atoms with Crippen LogP contribution in [0.2, 0.25) is 0 Å². The van der Waals surface area contributed by atoms with E-state index in [-0.39, 0.29) is 18.7 Å². The van der Waals surface area contributed by atoms with E-state index in [0.717, 1.165) is 0 Å². The van der Waals surface area contributed by atoms with Crippen LogP contribution in [0.25, 0.3) is 5.52 Å². The van der Waals surface area contributed by atoms with Gasteiger partial charge in [-0.15, -0.1) is 0 Å². The van der Waals surface area contributed by atoms with Gasteiger partial charge in [0.1, 0.15) is 30.4 Å². The molecule has 2 N–H and O–H groups in total. The van der Waals surface area contributed by atoms with Crippen molar-refractivity contribution in [2.45, 2.75) is 31.5 Å². The molecular formula is C21H26FN4O6P. The Kier molecular flexibility index (Phi) is 8.37. The number of esters is 1. The second-order valence-electron chi connectivity index (χ2n) is 7.16. The molecule has 33 heavy (non-hydrogen) atoms. The number of carbonyl (C=O) groups is 1. The summed E-state index contributed by atoms with van der Waals surface area (Å²) in [5.41, 5.74) is 5.27.